The number of carbonyl (C=O) groups excluding carboxylic acids is 1. The Bertz CT molecular complexity index is 787. The zero-order chi connectivity index (χ0) is 16.3. The second kappa shape index (κ2) is 6.41. The molecule has 1 aromatic carbocycles. The summed E-state index contributed by atoms with van der Waals surface area (Å²) in [6.07, 6.45) is 1.15. The Kier molecular flexibility index (Phi) is 4.59. The molecule has 0 saturated carbocycles. The van der Waals surface area contributed by atoms with Crippen LogP contribution in [0.4, 0.5) is 4.39 Å². The van der Waals surface area contributed by atoms with Gasteiger partial charge >= 0.3 is 5.97 Å². The standard InChI is InChI=1S/C15H10ClFN2O3/c1-21-12-4-3-11(16)14(17)13(12)9-5-8(6-18)19-7-10(9)15(20)22-2/h3-5,7H,1-2H3. The van der Waals surface area contributed by atoms with Crippen LogP contribution < -0.4 is 4.74 Å². The third kappa shape index (κ3) is 2.71. The molecule has 0 aliphatic heterocycles. The van der Waals surface area contributed by atoms with Gasteiger partial charge in [-0.25, -0.2) is 14.2 Å². The summed E-state index contributed by atoms with van der Waals surface area (Å²) in [4.78, 5) is 15.7. The van der Waals surface area contributed by atoms with E-state index in [1.807, 2.05) is 6.07 Å². The third-order valence-corrected chi connectivity index (χ3v) is 3.26. The van der Waals surface area contributed by atoms with Crippen molar-refractivity contribution in [1.29, 1.82) is 5.26 Å². The Morgan fingerprint density at radius 2 is 2.14 bits per heavy atom. The number of hydrogen-bond donors (Lipinski definition) is 0. The van der Waals surface area contributed by atoms with Crippen LogP contribution in [-0.4, -0.2) is 25.2 Å². The molecule has 22 heavy (non-hydrogen) atoms. The minimum absolute atomic E-state index is 0.000895. The normalized spacial score (nSPS) is 9.95. The molecule has 1 heterocycles. The van der Waals surface area contributed by atoms with Crippen molar-refractivity contribution < 1.29 is 18.7 Å². The van der Waals surface area contributed by atoms with Gasteiger partial charge in [-0.15, -0.1) is 0 Å². The number of rotatable bonds is 3. The van der Waals surface area contributed by atoms with Crippen LogP contribution in [0.3, 0.4) is 0 Å². The van der Waals surface area contributed by atoms with Gasteiger partial charge in [0, 0.05) is 11.8 Å². The van der Waals surface area contributed by atoms with Crippen molar-refractivity contribution in [2.24, 2.45) is 0 Å². The van der Waals surface area contributed by atoms with Gasteiger partial charge in [0.2, 0.25) is 0 Å². The van der Waals surface area contributed by atoms with Crippen LogP contribution in [0.25, 0.3) is 11.1 Å². The number of nitriles is 1. The number of benzene rings is 1. The van der Waals surface area contributed by atoms with Crippen molar-refractivity contribution >= 4 is 17.6 Å². The molecule has 2 rings (SSSR count). The number of esters is 1. The SMILES string of the molecule is COC(=O)c1cnc(C#N)cc1-c1c(OC)ccc(Cl)c1F. The maximum absolute atomic E-state index is 14.5. The summed E-state index contributed by atoms with van der Waals surface area (Å²) < 4.78 is 24.2. The molecule has 0 spiro atoms. The first kappa shape index (κ1) is 15.7. The zero-order valence-electron chi connectivity index (χ0n) is 11.7. The largest absolute Gasteiger partial charge is 0.496 e. The Hall–Kier alpha value is -2.65. The van der Waals surface area contributed by atoms with Crippen molar-refractivity contribution in [2.45, 2.75) is 0 Å². The van der Waals surface area contributed by atoms with E-state index in [1.165, 1.54) is 32.4 Å². The molecule has 0 saturated heterocycles. The molecule has 5 nitrogen and oxygen atoms in total. The second-order valence-corrected chi connectivity index (χ2v) is 4.56. The van der Waals surface area contributed by atoms with Gasteiger partial charge in [-0.1, -0.05) is 11.6 Å². The Morgan fingerprint density at radius 1 is 1.41 bits per heavy atom. The lowest BCUT2D eigenvalue weighted by Crippen LogP contribution is -2.06. The van der Waals surface area contributed by atoms with Crippen LogP contribution in [0, 0.1) is 17.1 Å². The highest BCUT2D eigenvalue weighted by Crippen LogP contribution is 2.38. The minimum atomic E-state index is -0.763. The van der Waals surface area contributed by atoms with Crippen LogP contribution in [0.2, 0.25) is 5.02 Å². The summed E-state index contributed by atoms with van der Waals surface area (Å²) in [5.74, 6) is -1.31. The number of aromatic nitrogens is 1. The molecule has 0 aliphatic carbocycles. The molecular formula is C15H10ClFN2O3. The first-order valence-electron chi connectivity index (χ1n) is 6.04. The summed E-state index contributed by atoms with van der Waals surface area (Å²) in [6.45, 7) is 0. The molecule has 7 heteroatoms. The number of hydrogen-bond acceptors (Lipinski definition) is 5. The number of ether oxygens (including phenoxy) is 2. The number of carbonyl (C=O) groups is 1. The summed E-state index contributed by atoms with van der Waals surface area (Å²) in [5, 5.41) is 8.83. The molecule has 0 fully saturated rings. The number of nitrogens with zero attached hydrogens (tertiary/aromatic N) is 2. The van der Waals surface area contributed by atoms with Crippen molar-refractivity contribution in [3.63, 3.8) is 0 Å². The van der Waals surface area contributed by atoms with E-state index in [0.29, 0.717) is 0 Å². The maximum Gasteiger partial charge on any atom is 0.340 e. The molecule has 112 valence electrons. The van der Waals surface area contributed by atoms with Crippen LogP contribution in [0.1, 0.15) is 16.1 Å². The van der Waals surface area contributed by atoms with Gasteiger partial charge in [0.05, 0.1) is 30.4 Å². The van der Waals surface area contributed by atoms with E-state index in [-0.39, 0.29) is 33.2 Å². The fourth-order valence-electron chi connectivity index (χ4n) is 1.95. The molecule has 0 atom stereocenters. The van der Waals surface area contributed by atoms with Crippen LogP contribution in [0.15, 0.2) is 24.4 Å². The lowest BCUT2D eigenvalue weighted by molar-refractivity contribution is 0.0601. The Balaban J connectivity index is 2.84. The van der Waals surface area contributed by atoms with Gasteiger partial charge in [-0.3, -0.25) is 0 Å². The molecule has 0 unspecified atom stereocenters. The van der Waals surface area contributed by atoms with E-state index >= 15 is 0 Å². The third-order valence-electron chi connectivity index (χ3n) is 2.97. The predicted molar refractivity (Wildman–Crippen MR) is 77.2 cm³/mol. The summed E-state index contributed by atoms with van der Waals surface area (Å²) >= 11 is 5.80. The average Bonchev–Trinajstić information content (AvgIpc) is 2.55. The lowest BCUT2D eigenvalue weighted by atomic mass is 9.99. The molecular weight excluding hydrogens is 311 g/mol. The highest BCUT2D eigenvalue weighted by molar-refractivity contribution is 6.31. The van der Waals surface area contributed by atoms with Crippen LogP contribution in [0.5, 0.6) is 5.75 Å². The molecule has 0 aliphatic rings. The fraction of sp³-hybridized carbons (Fsp3) is 0.133. The van der Waals surface area contributed by atoms with E-state index in [2.05, 4.69) is 9.72 Å². The van der Waals surface area contributed by atoms with Gasteiger partial charge in [0.1, 0.15) is 17.5 Å². The molecule has 0 radical (unpaired) electrons. The first-order valence-corrected chi connectivity index (χ1v) is 6.42. The van der Waals surface area contributed by atoms with Crippen molar-refractivity contribution in [2.75, 3.05) is 14.2 Å². The van der Waals surface area contributed by atoms with Gasteiger partial charge in [0.25, 0.3) is 0 Å². The lowest BCUT2D eigenvalue weighted by Gasteiger charge is -2.13. The summed E-state index contributed by atoms with van der Waals surface area (Å²) in [7, 11) is 2.55. The smallest absolute Gasteiger partial charge is 0.340 e. The molecule has 0 N–H and O–H groups in total. The highest BCUT2D eigenvalue weighted by Gasteiger charge is 2.22. The van der Waals surface area contributed by atoms with Gasteiger partial charge in [-0.2, -0.15) is 5.26 Å². The molecule has 0 amide bonds. The Labute approximate surface area is 130 Å². The number of pyridine rings is 1. The summed E-state index contributed by atoms with van der Waals surface area (Å²) in [6, 6.07) is 5.92. The van der Waals surface area contributed by atoms with Crippen molar-refractivity contribution in [3.8, 4) is 22.9 Å². The number of halogens is 2. The highest BCUT2D eigenvalue weighted by atomic mass is 35.5. The van der Waals surface area contributed by atoms with Crippen molar-refractivity contribution in [3.05, 3.63) is 46.5 Å². The second-order valence-electron chi connectivity index (χ2n) is 4.16. The van der Waals surface area contributed by atoms with E-state index in [0.717, 1.165) is 6.20 Å². The molecule has 0 bridgehead atoms. The zero-order valence-corrected chi connectivity index (χ0v) is 12.4. The van der Waals surface area contributed by atoms with Gasteiger partial charge < -0.3 is 9.47 Å². The van der Waals surface area contributed by atoms with E-state index in [4.69, 9.17) is 21.6 Å². The average molecular weight is 321 g/mol. The molecule has 1 aromatic heterocycles. The van der Waals surface area contributed by atoms with Crippen LogP contribution >= 0.6 is 11.6 Å². The van der Waals surface area contributed by atoms with E-state index in [1.54, 1.807) is 0 Å². The first-order chi connectivity index (χ1) is 10.5. The fourth-order valence-corrected chi connectivity index (χ4v) is 2.11. The summed E-state index contributed by atoms with van der Waals surface area (Å²) in [5.41, 5.74) is 0.106. The minimum Gasteiger partial charge on any atom is -0.496 e. The maximum atomic E-state index is 14.5. The van der Waals surface area contributed by atoms with E-state index < -0.39 is 11.8 Å². The molecule has 2 aromatic rings. The predicted octanol–water partition coefficient (Wildman–Crippen LogP) is 3.21. The van der Waals surface area contributed by atoms with Crippen LogP contribution in [-0.2, 0) is 4.74 Å². The van der Waals surface area contributed by atoms with Gasteiger partial charge in [0.15, 0.2) is 5.82 Å². The van der Waals surface area contributed by atoms with E-state index in [9.17, 15) is 9.18 Å². The monoisotopic (exact) mass is 320 g/mol. The van der Waals surface area contributed by atoms with Gasteiger partial charge in [-0.05, 0) is 18.2 Å². The Morgan fingerprint density at radius 3 is 2.73 bits per heavy atom. The quantitative estimate of drug-likeness (QED) is 0.812. The topological polar surface area (TPSA) is 72.2 Å². The number of methoxy groups -OCH3 is 2. The van der Waals surface area contributed by atoms with Crippen molar-refractivity contribution in [1.82, 2.24) is 4.98 Å².